The van der Waals surface area contributed by atoms with Crippen molar-refractivity contribution < 1.29 is 17.9 Å². The van der Waals surface area contributed by atoms with Crippen LogP contribution in [0.3, 0.4) is 0 Å². The van der Waals surface area contributed by atoms with Crippen molar-refractivity contribution in [3.8, 4) is 0 Å². The normalized spacial score (nSPS) is 11.1. The van der Waals surface area contributed by atoms with Crippen LogP contribution in [0.25, 0.3) is 0 Å². The van der Waals surface area contributed by atoms with E-state index in [9.17, 15) is 13.2 Å². The number of nitrogens with one attached hydrogen (secondary N) is 1. The van der Waals surface area contributed by atoms with Crippen molar-refractivity contribution in [1.29, 1.82) is 0 Å². The molecule has 0 spiro atoms. The van der Waals surface area contributed by atoms with Crippen LogP contribution < -0.4 is 4.72 Å². The number of halogens is 1. The summed E-state index contributed by atoms with van der Waals surface area (Å²) in [7, 11) is -2.51. The predicted molar refractivity (Wildman–Crippen MR) is 80.6 cm³/mol. The second-order valence-corrected chi connectivity index (χ2v) is 7.10. The molecule has 0 saturated heterocycles. The summed E-state index contributed by atoms with van der Waals surface area (Å²) < 4.78 is 32.1. The van der Waals surface area contributed by atoms with Gasteiger partial charge in [0.25, 0.3) is 10.0 Å². The Morgan fingerprint density at radius 2 is 2.10 bits per heavy atom. The highest BCUT2D eigenvalue weighted by Crippen LogP contribution is 2.25. The topological polar surface area (TPSA) is 72.5 Å². The number of benzene rings is 1. The number of anilines is 1. The van der Waals surface area contributed by atoms with Gasteiger partial charge in [-0.2, -0.15) is 0 Å². The summed E-state index contributed by atoms with van der Waals surface area (Å²) >= 11 is 4.43. The minimum atomic E-state index is -3.75. The Kier molecular flexibility index (Phi) is 4.46. The Labute approximate surface area is 128 Å². The zero-order valence-electron chi connectivity index (χ0n) is 10.3. The average Bonchev–Trinajstić information content (AvgIpc) is 2.85. The van der Waals surface area contributed by atoms with E-state index in [1.54, 1.807) is 17.5 Å². The van der Waals surface area contributed by atoms with Crippen molar-refractivity contribution in [3.05, 3.63) is 45.1 Å². The molecule has 0 amide bonds. The Morgan fingerprint density at radius 1 is 1.35 bits per heavy atom. The number of carbonyl (C=O) groups is 1. The maximum Gasteiger partial charge on any atom is 0.340 e. The average molecular weight is 376 g/mol. The van der Waals surface area contributed by atoms with Crippen LogP contribution in [-0.2, 0) is 14.8 Å². The Hall–Kier alpha value is -1.38. The lowest BCUT2D eigenvalue weighted by Gasteiger charge is -2.08. The van der Waals surface area contributed by atoms with E-state index in [1.165, 1.54) is 36.0 Å². The summed E-state index contributed by atoms with van der Waals surface area (Å²) in [5.41, 5.74) is 0.401. The number of sulfonamides is 1. The van der Waals surface area contributed by atoms with Crippen LogP contribution in [0.5, 0.6) is 0 Å². The summed E-state index contributed by atoms with van der Waals surface area (Å²) in [4.78, 5) is 11.6. The first-order valence-electron chi connectivity index (χ1n) is 5.37. The second-order valence-electron chi connectivity index (χ2n) is 3.75. The number of esters is 1. The van der Waals surface area contributed by atoms with Crippen molar-refractivity contribution in [2.24, 2.45) is 0 Å². The van der Waals surface area contributed by atoms with Crippen LogP contribution in [0.4, 0.5) is 5.69 Å². The van der Waals surface area contributed by atoms with E-state index >= 15 is 0 Å². The summed E-state index contributed by atoms with van der Waals surface area (Å²) in [5, 5.41) is 3.08. The fraction of sp³-hybridized carbons (Fsp3) is 0.0833. The quantitative estimate of drug-likeness (QED) is 0.833. The molecule has 8 heteroatoms. The van der Waals surface area contributed by atoms with Gasteiger partial charge in [-0.25, -0.2) is 13.2 Å². The number of hydrogen-bond donors (Lipinski definition) is 1. The molecule has 0 aliphatic carbocycles. The fourth-order valence-corrected chi connectivity index (χ4v) is 3.97. The standard InChI is InChI=1S/C12H10BrNO4S2/c1-18-12(15)10-6-19-7-11(10)14-20(16,17)9-4-2-3-8(13)5-9/h2-7,14H,1H3. The lowest BCUT2D eigenvalue weighted by Crippen LogP contribution is -2.15. The minimum Gasteiger partial charge on any atom is -0.465 e. The summed E-state index contributed by atoms with van der Waals surface area (Å²) in [5.74, 6) is -0.585. The summed E-state index contributed by atoms with van der Waals surface area (Å²) in [6.07, 6.45) is 0. The maximum absolute atomic E-state index is 12.2. The van der Waals surface area contributed by atoms with Crippen LogP contribution in [0.2, 0.25) is 0 Å². The molecular formula is C12H10BrNO4S2. The van der Waals surface area contributed by atoms with E-state index in [-0.39, 0.29) is 16.1 Å². The molecule has 0 aliphatic rings. The Bertz CT molecular complexity index is 739. The van der Waals surface area contributed by atoms with E-state index in [0.717, 1.165) is 0 Å². The van der Waals surface area contributed by atoms with Gasteiger partial charge in [-0.1, -0.05) is 22.0 Å². The second kappa shape index (κ2) is 5.94. The van der Waals surface area contributed by atoms with Gasteiger partial charge in [0.15, 0.2) is 0 Å². The van der Waals surface area contributed by atoms with Gasteiger partial charge in [-0.05, 0) is 18.2 Å². The van der Waals surface area contributed by atoms with Gasteiger partial charge in [0.2, 0.25) is 0 Å². The lowest BCUT2D eigenvalue weighted by molar-refractivity contribution is 0.0602. The van der Waals surface area contributed by atoms with Crippen LogP contribution in [0.15, 0.2) is 44.4 Å². The van der Waals surface area contributed by atoms with Crippen LogP contribution in [0.1, 0.15) is 10.4 Å². The number of carbonyl (C=O) groups excluding carboxylic acids is 1. The molecule has 0 fully saturated rings. The van der Waals surface area contributed by atoms with E-state index in [1.807, 2.05) is 0 Å². The SMILES string of the molecule is COC(=O)c1cscc1NS(=O)(=O)c1cccc(Br)c1. The number of ether oxygens (including phenoxy) is 1. The number of methoxy groups -OCH3 is 1. The third-order valence-corrected chi connectivity index (χ3v) is 5.02. The van der Waals surface area contributed by atoms with Gasteiger partial charge in [0, 0.05) is 15.2 Å². The van der Waals surface area contributed by atoms with Gasteiger partial charge >= 0.3 is 5.97 Å². The van der Waals surface area contributed by atoms with Crippen molar-refractivity contribution in [2.75, 3.05) is 11.8 Å². The number of rotatable bonds is 4. The van der Waals surface area contributed by atoms with E-state index in [0.29, 0.717) is 4.47 Å². The molecule has 0 bridgehead atoms. The molecule has 1 heterocycles. The third-order valence-electron chi connectivity index (χ3n) is 2.42. The molecule has 0 aliphatic heterocycles. The first-order valence-corrected chi connectivity index (χ1v) is 8.59. The highest BCUT2D eigenvalue weighted by Gasteiger charge is 2.20. The molecule has 2 rings (SSSR count). The Balaban J connectivity index is 2.34. The van der Waals surface area contributed by atoms with Gasteiger partial charge in [-0.3, -0.25) is 4.72 Å². The molecule has 1 aromatic heterocycles. The van der Waals surface area contributed by atoms with E-state index in [4.69, 9.17) is 0 Å². The lowest BCUT2D eigenvalue weighted by atomic mass is 10.3. The number of thiophene rings is 1. The molecule has 0 radical (unpaired) electrons. The monoisotopic (exact) mass is 375 g/mol. The minimum absolute atomic E-state index is 0.105. The molecule has 5 nitrogen and oxygen atoms in total. The van der Waals surface area contributed by atoms with Gasteiger partial charge in [-0.15, -0.1) is 11.3 Å². The summed E-state index contributed by atoms with van der Waals surface area (Å²) in [6.45, 7) is 0. The largest absolute Gasteiger partial charge is 0.465 e. The molecular weight excluding hydrogens is 366 g/mol. The fourth-order valence-electron chi connectivity index (χ4n) is 1.48. The first-order chi connectivity index (χ1) is 9.44. The highest BCUT2D eigenvalue weighted by atomic mass is 79.9. The zero-order valence-corrected chi connectivity index (χ0v) is 13.5. The number of hydrogen-bond acceptors (Lipinski definition) is 5. The molecule has 106 valence electrons. The smallest absolute Gasteiger partial charge is 0.340 e. The van der Waals surface area contributed by atoms with Gasteiger partial charge < -0.3 is 4.74 Å². The van der Waals surface area contributed by atoms with Crippen LogP contribution in [-0.4, -0.2) is 21.5 Å². The van der Waals surface area contributed by atoms with Crippen LogP contribution in [0, 0.1) is 0 Å². The van der Waals surface area contributed by atoms with Crippen molar-refractivity contribution in [1.82, 2.24) is 0 Å². The van der Waals surface area contributed by atoms with E-state index < -0.39 is 16.0 Å². The van der Waals surface area contributed by atoms with Crippen LogP contribution >= 0.6 is 27.3 Å². The van der Waals surface area contributed by atoms with Gasteiger partial charge in [0.05, 0.1) is 23.3 Å². The molecule has 2 aromatic rings. The maximum atomic E-state index is 12.2. The molecule has 1 aromatic carbocycles. The third kappa shape index (κ3) is 3.20. The molecule has 1 N–H and O–H groups in total. The molecule has 0 unspecified atom stereocenters. The molecule has 20 heavy (non-hydrogen) atoms. The summed E-state index contributed by atoms with van der Waals surface area (Å²) in [6, 6.07) is 6.29. The van der Waals surface area contributed by atoms with Crippen molar-refractivity contribution in [2.45, 2.75) is 4.90 Å². The first kappa shape index (κ1) is 15.0. The van der Waals surface area contributed by atoms with Gasteiger partial charge in [0.1, 0.15) is 0 Å². The van der Waals surface area contributed by atoms with E-state index in [2.05, 4.69) is 25.4 Å². The van der Waals surface area contributed by atoms with Crippen molar-refractivity contribution >= 4 is 48.9 Å². The molecule has 0 atom stereocenters. The van der Waals surface area contributed by atoms with Crippen molar-refractivity contribution in [3.63, 3.8) is 0 Å². The highest BCUT2D eigenvalue weighted by molar-refractivity contribution is 9.10. The predicted octanol–water partition coefficient (Wildman–Crippen LogP) is 3.10. The molecule has 0 saturated carbocycles. The Morgan fingerprint density at radius 3 is 2.75 bits per heavy atom. The zero-order chi connectivity index (χ0) is 14.8.